The Labute approximate surface area is 50.3 Å². The summed E-state index contributed by atoms with van der Waals surface area (Å²) in [5.41, 5.74) is 5.79. The summed E-state index contributed by atoms with van der Waals surface area (Å²) in [5, 5.41) is 0. The second-order valence-corrected chi connectivity index (χ2v) is 1.34. The van der Waals surface area contributed by atoms with Gasteiger partial charge in [0.05, 0.1) is 0 Å². The van der Waals surface area contributed by atoms with Gasteiger partial charge in [-0.15, -0.1) is 13.2 Å². The minimum atomic E-state index is 0.786. The predicted octanol–water partition coefficient (Wildman–Crippen LogP) is 0.453. The summed E-state index contributed by atoms with van der Waals surface area (Å²) >= 11 is 0. The molecular formula is C6H12N2. The van der Waals surface area contributed by atoms with E-state index in [0.29, 0.717) is 0 Å². The summed E-state index contributed by atoms with van der Waals surface area (Å²) in [5.74, 6) is 0. The smallest absolute Gasteiger partial charge is 0.0278 e. The zero-order chi connectivity index (χ0) is 6.24. The summed E-state index contributed by atoms with van der Waals surface area (Å²) in [6.07, 6.45) is 3.58. The third-order valence-corrected chi connectivity index (χ3v) is 0.618. The third kappa shape index (κ3) is 5.40. The predicted molar refractivity (Wildman–Crippen MR) is 36.4 cm³/mol. The van der Waals surface area contributed by atoms with Gasteiger partial charge in [0.15, 0.2) is 0 Å². The Morgan fingerprint density at radius 2 is 2.25 bits per heavy atom. The molecule has 0 radical (unpaired) electrons. The van der Waals surface area contributed by atoms with Crippen molar-refractivity contribution < 1.29 is 0 Å². The van der Waals surface area contributed by atoms with Crippen molar-refractivity contribution in [3.63, 3.8) is 0 Å². The van der Waals surface area contributed by atoms with Crippen LogP contribution in [-0.4, -0.2) is 13.1 Å². The van der Waals surface area contributed by atoms with Crippen LogP contribution in [0, 0.1) is 0 Å². The van der Waals surface area contributed by atoms with E-state index in [4.69, 9.17) is 0 Å². The maximum atomic E-state index is 3.53. The maximum absolute atomic E-state index is 3.53. The van der Waals surface area contributed by atoms with Gasteiger partial charge >= 0.3 is 0 Å². The van der Waals surface area contributed by atoms with E-state index in [9.17, 15) is 0 Å². The summed E-state index contributed by atoms with van der Waals surface area (Å²) in [6.45, 7) is 8.63. The summed E-state index contributed by atoms with van der Waals surface area (Å²) in [6, 6.07) is 0. The molecule has 0 bridgehead atoms. The molecule has 0 rings (SSSR count). The van der Waals surface area contributed by atoms with E-state index >= 15 is 0 Å². The Morgan fingerprint density at radius 3 is 2.75 bits per heavy atom. The van der Waals surface area contributed by atoms with Gasteiger partial charge in [0.1, 0.15) is 0 Å². The average Bonchev–Trinajstić information content (AvgIpc) is 1.81. The van der Waals surface area contributed by atoms with Gasteiger partial charge in [0.25, 0.3) is 0 Å². The second kappa shape index (κ2) is 6.40. The number of hydrazine groups is 1. The standard InChI is InChI=1S/C6H12N2/c1-3-5-7-8-6-4-2/h3-4,7-8H,1-2,5-6H2/i5+2. The summed E-state index contributed by atoms with van der Waals surface area (Å²) in [7, 11) is 0. The van der Waals surface area contributed by atoms with Crippen LogP contribution in [0.5, 0.6) is 0 Å². The van der Waals surface area contributed by atoms with Crippen LogP contribution in [0.1, 0.15) is 0 Å². The lowest BCUT2D eigenvalue weighted by Gasteiger charge is -1.97. The zero-order valence-electron chi connectivity index (χ0n) is 4.98. The van der Waals surface area contributed by atoms with Crippen LogP contribution in [0.4, 0.5) is 0 Å². The van der Waals surface area contributed by atoms with Gasteiger partial charge in [0.2, 0.25) is 0 Å². The average molecular weight is 114 g/mol. The van der Waals surface area contributed by atoms with Crippen LogP contribution < -0.4 is 10.9 Å². The molecule has 0 aliphatic carbocycles. The first kappa shape index (κ1) is 7.40. The van der Waals surface area contributed by atoms with E-state index in [1.54, 1.807) is 12.2 Å². The fourth-order valence-corrected chi connectivity index (χ4v) is 0.289. The molecule has 0 aromatic heterocycles. The minimum Gasteiger partial charge on any atom is -0.254 e. The van der Waals surface area contributed by atoms with Crippen molar-refractivity contribution in [2.75, 3.05) is 13.1 Å². The highest BCUT2D eigenvalue weighted by Gasteiger charge is 1.72. The van der Waals surface area contributed by atoms with Gasteiger partial charge in [-0.05, 0) is 0 Å². The quantitative estimate of drug-likeness (QED) is 0.308. The molecule has 0 aromatic rings. The highest BCUT2D eigenvalue weighted by atomic mass is 15.6. The molecule has 0 saturated carbocycles. The molecule has 46 valence electrons. The molecule has 2 heteroatoms. The van der Waals surface area contributed by atoms with Crippen molar-refractivity contribution in [1.29, 1.82) is 0 Å². The molecule has 0 atom stereocenters. The van der Waals surface area contributed by atoms with E-state index in [1.165, 1.54) is 0 Å². The lowest BCUT2D eigenvalue weighted by atomic mass is 10.7. The first-order valence-corrected chi connectivity index (χ1v) is 2.59. The Balaban J connectivity index is 2.71. The van der Waals surface area contributed by atoms with Crippen molar-refractivity contribution in [3.05, 3.63) is 25.3 Å². The number of nitrogens with one attached hydrogen (secondary N) is 2. The minimum absolute atomic E-state index is 0.786. The van der Waals surface area contributed by atoms with Gasteiger partial charge in [0, 0.05) is 13.1 Å². The first-order chi connectivity index (χ1) is 3.91. The molecule has 2 N–H and O–H groups in total. The van der Waals surface area contributed by atoms with Crippen molar-refractivity contribution >= 4 is 0 Å². The van der Waals surface area contributed by atoms with Crippen LogP contribution >= 0.6 is 0 Å². The zero-order valence-corrected chi connectivity index (χ0v) is 4.98. The molecule has 0 unspecified atom stereocenters. The molecule has 0 saturated heterocycles. The monoisotopic (exact) mass is 114 g/mol. The van der Waals surface area contributed by atoms with Crippen LogP contribution in [0.25, 0.3) is 0 Å². The maximum Gasteiger partial charge on any atom is 0.0278 e. The molecule has 0 aliphatic heterocycles. The van der Waals surface area contributed by atoms with Gasteiger partial charge < -0.3 is 0 Å². The molecule has 0 amide bonds. The van der Waals surface area contributed by atoms with E-state index < -0.39 is 0 Å². The van der Waals surface area contributed by atoms with Gasteiger partial charge in [-0.3, -0.25) is 10.9 Å². The van der Waals surface area contributed by atoms with Crippen LogP contribution in [0.3, 0.4) is 0 Å². The largest absolute Gasteiger partial charge is 0.254 e. The topological polar surface area (TPSA) is 24.1 Å². The Kier molecular flexibility index (Phi) is 5.92. The first-order valence-electron chi connectivity index (χ1n) is 2.59. The number of hydrogen-bond acceptors (Lipinski definition) is 2. The molecule has 8 heavy (non-hydrogen) atoms. The van der Waals surface area contributed by atoms with Crippen molar-refractivity contribution in [3.8, 4) is 0 Å². The molecule has 0 heterocycles. The van der Waals surface area contributed by atoms with E-state index in [1.807, 2.05) is 0 Å². The van der Waals surface area contributed by atoms with Crippen molar-refractivity contribution in [2.45, 2.75) is 0 Å². The molecule has 0 spiro atoms. The molecule has 0 aromatic carbocycles. The number of hydrogen-bond donors (Lipinski definition) is 2. The fraction of sp³-hybridized carbons (Fsp3) is 0.333. The third-order valence-electron chi connectivity index (χ3n) is 0.618. The Bertz CT molecular complexity index is 58.9. The Morgan fingerprint density at radius 1 is 1.50 bits per heavy atom. The normalized spacial score (nSPS) is 8.50. The lowest BCUT2D eigenvalue weighted by Crippen LogP contribution is -2.31. The number of rotatable bonds is 5. The van der Waals surface area contributed by atoms with E-state index in [-0.39, 0.29) is 0 Å². The van der Waals surface area contributed by atoms with Gasteiger partial charge in [-0.1, -0.05) is 12.2 Å². The highest BCUT2D eigenvalue weighted by Crippen LogP contribution is 1.56. The molecule has 0 fully saturated rings. The highest BCUT2D eigenvalue weighted by molar-refractivity contribution is 4.71. The van der Waals surface area contributed by atoms with Crippen molar-refractivity contribution in [1.82, 2.24) is 10.9 Å². The fourth-order valence-electron chi connectivity index (χ4n) is 0.289. The van der Waals surface area contributed by atoms with E-state index in [0.717, 1.165) is 13.1 Å². The van der Waals surface area contributed by atoms with Crippen LogP contribution in [0.15, 0.2) is 25.3 Å². The second-order valence-electron chi connectivity index (χ2n) is 1.34. The lowest BCUT2D eigenvalue weighted by molar-refractivity contribution is 0.611. The van der Waals surface area contributed by atoms with E-state index in [2.05, 4.69) is 24.0 Å². The summed E-state index contributed by atoms with van der Waals surface area (Å²) < 4.78 is 0. The molecule has 2 nitrogen and oxygen atoms in total. The van der Waals surface area contributed by atoms with Crippen molar-refractivity contribution in [2.24, 2.45) is 0 Å². The van der Waals surface area contributed by atoms with Crippen LogP contribution in [0.2, 0.25) is 0 Å². The SMILES string of the molecule is C=CCNN[14CH2]C=C. The molecular weight excluding hydrogens is 102 g/mol. The van der Waals surface area contributed by atoms with Gasteiger partial charge in [-0.2, -0.15) is 0 Å². The van der Waals surface area contributed by atoms with Crippen LogP contribution in [-0.2, 0) is 0 Å². The van der Waals surface area contributed by atoms with Gasteiger partial charge in [-0.25, -0.2) is 0 Å². The Hall–Kier alpha value is -0.600. The molecule has 0 aliphatic rings. The summed E-state index contributed by atoms with van der Waals surface area (Å²) in [4.78, 5) is 0.